The highest BCUT2D eigenvalue weighted by Crippen LogP contribution is 2.45. The zero-order valence-corrected chi connectivity index (χ0v) is 27.7. The fourth-order valence-corrected chi connectivity index (χ4v) is 7.77. The van der Waals surface area contributed by atoms with E-state index >= 15 is 8.78 Å². The summed E-state index contributed by atoms with van der Waals surface area (Å²) in [6, 6.07) is 8.41. The lowest BCUT2D eigenvalue weighted by Gasteiger charge is -2.38. The molecule has 0 unspecified atom stereocenters. The minimum Gasteiger partial charge on any atom is -0.429 e. The normalized spacial score (nSPS) is 22.1. The van der Waals surface area contributed by atoms with Crippen molar-refractivity contribution in [2.24, 2.45) is 17.8 Å². The fraction of sp³-hybridized carbons (Fsp3) is 0.487. The predicted octanol–water partition coefficient (Wildman–Crippen LogP) is 13.6. The lowest BCUT2D eigenvalue weighted by molar-refractivity contribution is -0.189. The third-order valence-corrected chi connectivity index (χ3v) is 10.4. The first kappa shape index (κ1) is 37.7. The van der Waals surface area contributed by atoms with Gasteiger partial charge in [-0.1, -0.05) is 69.7 Å². The zero-order valence-electron chi connectivity index (χ0n) is 27.7. The molecule has 3 aromatic rings. The van der Waals surface area contributed by atoms with Gasteiger partial charge in [0.1, 0.15) is 40.4 Å². The second-order valence-corrected chi connectivity index (χ2v) is 13.7. The molecular formula is C39H40F10O. The summed E-state index contributed by atoms with van der Waals surface area (Å²) in [7, 11) is 0. The van der Waals surface area contributed by atoms with E-state index in [4.69, 9.17) is 0 Å². The lowest BCUT2D eigenvalue weighted by atomic mass is 9.68. The number of alkyl halides is 5. The van der Waals surface area contributed by atoms with Crippen LogP contribution in [0.15, 0.2) is 54.6 Å². The molecule has 272 valence electrons. The topological polar surface area (TPSA) is 9.23 Å². The molecule has 0 N–H and O–H groups in total. The third-order valence-electron chi connectivity index (χ3n) is 10.4. The second-order valence-electron chi connectivity index (χ2n) is 13.7. The van der Waals surface area contributed by atoms with Gasteiger partial charge in [-0.05, 0) is 91.0 Å². The second kappa shape index (κ2) is 15.8. The first-order valence-electron chi connectivity index (χ1n) is 17.3. The van der Waals surface area contributed by atoms with Gasteiger partial charge in [0.2, 0.25) is 0 Å². The maximum Gasteiger partial charge on any atom is 0.432 e. The molecule has 0 aromatic heterocycles. The first-order valence-corrected chi connectivity index (χ1v) is 17.3. The van der Waals surface area contributed by atoms with Crippen LogP contribution in [0, 0.1) is 41.0 Å². The largest absolute Gasteiger partial charge is 0.432 e. The van der Waals surface area contributed by atoms with Crippen LogP contribution in [0.3, 0.4) is 0 Å². The Bertz CT molecular complexity index is 1580. The molecule has 0 radical (unpaired) electrons. The Morgan fingerprint density at radius 2 is 1.24 bits per heavy atom. The number of rotatable bonds is 11. The quantitative estimate of drug-likeness (QED) is 0.142. The van der Waals surface area contributed by atoms with Gasteiger partial charge in [-0.3, -0.25) is 0 Å². The number of unbranched alkanes of at least 4 members (excludes halogenated alkanes) is 2. The Morgan fingerprint density at radius 3 is 1.76 bits per heavy atom. The van der Waals surface area contributed by atoms with E-state index in [9.17, 15) is 35.1 Å². The Morgan fingerprint density at radius 1 is 0.700 bits per heavy atom. The molecule has 0 saturated heterocycles. The monoisotopic (exact) mass is 714 g/mol. The van der Waals surface area contributed by atoms with E-state index < -0.39 is 64.3 Å². The third kappa shape index (κ3) is 9.23. The summed E-state index contributed by atoms with van der Waals surface area (Å²) >= 11 is 0. The van der Waals surface area contributed by atoms with Crippen LogP contribution in [0.5, 0.6) is 5.75 Å². The molecular weight excluding hydrogens is 674 g/mol. The van der Waals surface area contributed by atoms with Gasteiger partial charge in [-0.25, -0.2) is 22.0 Å². The molecule has 50 heavy (non-hydrogen) atoms. The lowest BCUT2D eigenvalue weighted by Crippen LogP contribution is -2.25. The summed E-state index contributed by atoms with van der Waals surface area (Å²) in [5.74, 6) is -8.33. The predicted molar refractivity (Wildman–Crippen MR) is 172 cm³/mol. The molecule has 11 heteroatoms. The molecule has 0 atom stereocenters. The van der Waals surface area contributed by atoms with Crippen LogP contribution in [0.25, 0.3) is 17.0 Å². The average Bonchev–Trinajstić information content (AvgIpc) is 3.03. The fourth-order valence-electron chi connectivity index (χ4n) is 7.77. The van der Waals surface area contributed by atoms with Crippen molar-refractivity contribution in [1.82, 2.24) is 0 Å². The SMILES string of the molecule is CCCCCC1CCC(C2CCC(c3ccc(-c4cc(F)c(C(F)(F)Oc5cc(F)c(C(F)=CC(F)(F)F)c(F)c5)c(F)c4)cc3)CC2)CC1. The van der Waals surface area contributed by atoms with E-state index in [1.54, 1.807) is 12.1 Å². The minimum atomic E-state index is -5.26. The van der Waals surface area contributed by atoms with E-state index in [2.05, 4.69) is 11.7 Å². The van der Waals surface area contributed by atoms with Crippen LogP contribution in [-0.4, -0.2) is 6.18 Å². The highest BCUT2D eigenvalue weighted by Gasteiger charge is 2.42. The van der Waals surface area contributed by atoms with E-state index in [0.29, 0.717) is 23.6 Å². The molecule has 0 amide bonds. The van der Waals surface area contributed by atoms with Crippen molar-refractivity contribution < 1.29 is 48.6 Å². The standard InChI is InChI=1S/C39H40F10O/c1-2-3-4-5-23-6-8-24(9-7-23)25-10-12-26(13-11-25)27-14-16-28(17-15-27)29-18-33(42)37(34(43)19-29)39(48,49)50-30-20-31(40)36(32(41)21-30)35(44)22-38(45,46)47/h14-26H,2-13H2,1H3. The summed E-state index contributed by atoms with van der Waals surface area (Å²) in [6.45, 7) is 2.24. The maximum atomic E-state index is 15.0. The number of allylic oxidation sites excluding steroid dienone is 1. The smallest absolute Gasteiger partial charge is 0.429 e. The highest BCUT2D eigenvalue weighted by molar-refractivity contribution is 5.65. The number of halogens is 10. The van der Waals surface area contributed by atoms with Gasteiger partial charge < -0.3 is 4.74 Å². The van der Waals surface area contributed by atoms with Crippen LogP contribution >= 0.6 is 0 Å². The van der Waals surface area contributed by atoms with Gasteiger partial charge in [0, 0.05) is 12.1 Å². The van der Waals surface area contributed by atoms with Crippen molar-refractivity contribution in [3.8, 4) is 16.9 Å². The highest BCUT2D eigenvalue weighted by atomic mass is 19.4. The Labute approximate surface area is 285 Å². The Kier molecular flexibility index (Phi) is 11.9. The molecule has 3 aromatic carbocycles. The summed E-state index contributed by atoms with van der Waals surface area (Å²) in [5, 5.41) is 0. The zero-order chi connectivity index (χ0) is 36.2. The summed E-state index contributed by atoms with van der Waals surface area (Å²) in [4.78, 5) is 0. The molecule has 1 nitrogen and oxygen atoms in total. The summed E-state index contributed by atoms with van der Waals surface area (Å²) < 4.78 is 144. The van der Waals surface area contributed by atoms with E-state index in [-0.39, 0.29) is 17.7 Å². The molecule has 0 spiro atoms. The summed E-state index contributed by atoms with van der Waals surface area (Å²) in [6.07, 6.45) is 3.95. The molecule has 2 saturated carbocycles. The molecule has 2 fully saturated rings. The van der Waals surface area contributed by atoms with Crippen molar-refractivity contribution in [3.05, 3.63) is 94.6 Å². The van der Waals surface area contributed by atoms with Crippen LogP contribution in [0.2, 0.25) is 0 Å². The molecule has 0 aliphatic heterocycles. The average molecular weight is 715 g/mol. The van der Waals surface area contributed by atoms with Gasteiger partial charge in [-0.2, -0.15) is 22.0 Å². The number of ether oxygens (including phenoxy) is 1. The van der Waals surface area contributed by atoms with Crippen molar-refractivity contribution >= 4 is 5.83 Å². The van der Waals surface area contributed by atoms with Crippen molar-refractivity contribution in [2.75, 3.05) is 0 Å². The van der Waals surface area contributed by atoms with Gasteiger partial charge in [0.15, 0.2) is 0 Å². The van der Waals surface area contributed by atoms with Gasteiger partial charge in [0.05, 0.1) is 11.6 Å². The van der Waals surface area contributed by atoms with E-state index in [1.807, 2.05) is 12.1 Å². The molecule has 2 aliphatic rings. The van der Waals surface area contributed by atoms with Crippen LogP contribution in [0.1, 0.15) is 107 Å². The van der Waals surface area contributed by atoms with Crippen molar-refractivity contribution in [3.63, 3.8) is 0 Å². The molecule has 5 rings (SSSR count). The van der Waals surface area contributed by atoms with Crippen LogP contribution in [-0.2, 0) is 6.11 Å². The van der Waals surface area contributed by atoms with Gasteiger partial charge >= 0.3 is 12.3 Å². The maximum absolute atomic E-state index is 15.0. The van der Waals surface area contributed by atoms with E-state index in [0.717, 1.165) is 36.2 Å². The number of benzene rings is 3. The van der Waals surface area contributed by atoms with Gasteiger partial charge in [0.25, 0.3) is 0 Å². The molecule has 0 heterocycles. The number of hydrogen-bond donors (Lipinski definition) is 0. The summed E-state index contributed by atoms with van der Waals surface area (Å²) in [5.41, 5.74) is -2.19. The minimum absolute atomic E-state index is 0.0191. The Balaban J connectivity index is 1.21. The van der Waals surface area contributed by atoms with E-state index in [1.165, 1.54) is 64.2 Å². The number of hydrogen-bond acceptors (Lipinski definition) is 1. The first-order chi connectivity index (χ1) is 23.6. The van der Waals surface area contributed by atoms with Crippen molar-refractivity contribution in [2.45, 2.75) is 102 Å². The van der Waals surface area contributed by atoms with Crippen LogP contribution in [0.4, 0.5) is 43.9 Å². The van der Waals surface area contributed by atoms with Crippen molar-refractivity contribution in [1.29, 1.82) is 0 Å². The molecule has 0 bridgehead atoms. The van der Waals surface area contributed by atoms with Crippen LogP contribution < -0.4 is 4.74 Å². The van der Waals surface area contributed by atoms with Gasteiger partial charge in [-0.15, -0.1) is 0 Å². The Hall–Kier alpha value is -3.50. The molecule has 2 aliphatic carbocycles.